The van der Waals surface area contributed by atoms with Crippen LogP contribution in [0.1, 0.15) is 51.9 Å². The van der Waals surface area contributed by atoms with E-state index in [0.717, 1.165) is 32.5 Å². The van der Waals surface area contributed by atoms with Crippen LogP contribution in [0, 0.1) is 0 Å². The van der Waals surface area contributed by atoms with E-state index in [1.807, 2.05) is 0 Å². The van der Waals surface area contributed by atoms with E-state index in [2.05, 4.69) is 6.92 Å². The van der Waals surface area contributed by atoms with Crippen molar-refractivity contribution in [3.63, 3.8) is 0 Å². The summed E-state index contributed by atoms with van der Waals surface area (Å²) >= 11 is 0. The Kier molecular flexibility index (Phi) is 11.4. The van der Waals surface area contributed by atoms with E-state index in [0.29, 0.717) is 26.4 Å². The summed E-state index contributed by atoms with van der Waals surface area (Å²) in [5.41, 5.74) is 0. The standard InChI is InChI=1S/C15H30O4/c1-2-3-4-6-9-16-11-12-17-13-14-19-15-8-5-7-10-18-15/h15H,2-14H2,1H3. The van der Waals surface area contributed by atoms with Gasteiger partial charge in [-0.2, -0.15) is 0 Å². The van der Waals surface area contributed by atoms with Crippen LogP contribution in [0.3, 0.4) is 0 Å². The van der Waals surface area contributed by atoms with Gasteiger partial charge in [0.05, 0.1) is 26.4 Å². The number of hydrogen-bond donors (Lipinski definition) is 0. The molecule has 1 aliphatic heterocycles. The van der Waals surface area contributed by atoms with E-state index >= 15 is 0 Å². The third-order valence-electron chi connectivity index (χ3n) is 3.18. The second-order valence-electron chi connectivity index (χ2n) is 4.95. The molecule has 0 N–H and O–H groups in total. The first-order valence-corrected chi connectivity index (χ1v) is 7.82. The number of unbranched alkanes of at least 4 members (excludes halogenated alkanes) is 3. The summed E-state index contributed by atoms with van der Waals surface area (Å²) in [5, 5.41) is 0. The predicted octanol–water partition coefficient (Wildman–Crippen LogP) is 3.14. The smallest absolute Gasteiger partial charge is 0.157 e. The maximum atomic E-state index is 5.57. The van der Waals surface area contributed by atoms with Crippen molar-refractivity contribution in [2.24, 2.45) is 0 Å². The molecule has 19 heavy (non-hydrogen) atoms. The lowest BCUT2D eigenvalue weighted by Gasteiger charge is -2.22. The van der Waals surface area contributed by atoms with Gasteiger partial charge in [0.15, 0.2) is 6.29 Å². The first-order chi connectivity index (χ1) is 9.43. The minimum Gasteiger partial charge on any atom is -0.379 e. The number of hydrogen-bond acceptors (Lipinski definition) is 4. The van der Waals surface area contributed by atoms with E-state index in [4.69, 9.17) is 18.9 Å². The topological polar surface area (TPSA) is 36.9 Å². The molecule has 0 radical (unpaired) electrons. The molecule has 4 nitrogen and oxygen atoms in total. The third-order valence-corrected chi connectivity index (χ3v) is 3.18. The molecule has 1 fully saturated rings. The molecule has 1 heterocycles. The van der Waals surface area contributed by atoms with Crippen LogP contribution in [-0.4, -0.2) is 45.9 Å². The van der Waals surface area contributed by atoms with Gasteiger partial charge in [0.25, 0.3) is 0 Å². The Hall–Kier alpha value is -0.160. The lowest BCUT2D eigenvalue weighted by molar-refractivity contribution is -0.169. The molecular formula is C15H30O4. The van der Waals surface area contributed by atoms with E-state index < -0.39 is 0 Å². The molecule has 1 atom stereocenters. The number of ether oxygens (including phenoxy) is 4. The zero-order valence-corrected chi connectivity index (χ0v) is 12.4. The molecule has 0 aromatic rings. The average Bonchev–Trinajstić information content (AvgIpc) is 2.46. The van der Waals surface area contributed by atoms with E-state index in [9.17, 15) is 0 Å². The van der Waals surface area contributed by atoms with Crippen LogP contribution < -0.4 is 0 Å². The Morgan fingerprint density at radius 3 is 2.42 bits per heavy atom. The van der Waals surface area contributed by atoms with Crippen LogP contribution in [0.5, 0.6) is 0 Å². The highest BCUT2D eigenvalue weighted by molar-refractivity contribution is 4.53. The van der Waals surface area contributed by atoms with Crippen molar-refractivity contribution in [1.29, 1.82) is 0 Å². The van der Waals surface area contributed by atoms with Crippen molar-refractivity contribution in [2.45, 2.75) is 58.2 Å². The van der Waals surface area contributed by atoms with Gasteiger partial charge in [0.1, 0.15) is 0 Å². The summed E-state index contributed by atoms with van der Waals surface area (Å²) in [6.45, 7) is 6.48. The molecule has 1 saturated heterocycles. The van der Waals surface area contributed by atoms with Gasteiger partial charge in [-0.3, -0.25) is 0 Å². The molecule has 0 spiro atoms. The van der Waals surface area contributed by atoms with Gasteiger partial charge < -0.3 is 18.9 Å². The highest BCUT2D eigenvalue weighted by Crippen LogP contribution is 2.13. The van der Waals surface area contributed by atoms with Crippen LogP contribution in [0.15, 0.2) is 0 Å². The molecule has 1 unspecified atom stereocenters. The van der Waals surface area contributed by atoms with Crippen molar-refractivity contribution < 1.29 is 18.9 Å². The van der Waals surface area contributed by atoms with Gasteiger partial charge >= 0.3 is 0 Å². The zero-order valence-electron chi connectivity index (χ0n) is 12.4. The quantitative estimate of drug-likeness (QED) is 0.512. The Balaban J connectivity index is 1.71. The van der Waals surface area contributed by atoms with Gasteiger partial charge in [0.2, 0.25) is 0 Å². The average molecular weight is 274 g/mol. The van der Waals surface area contributed by atoms with E-state index in [1.165, 1.54) is 25.7 Å². The van der Waals surface area contributed by atoms with Gasteiger partial charge in [-0.15, -0.1) is 0 Å². The first kappa shape index (κ1) is 16.9. The molecule has 0 saturated carbocycles. The zero-order chi connectivity index (χ0) is 13.6. The molecule has 4 heteroatoms. The minimum atomic E-state index is -0.00725. The molecular weight excluding hydrogens is 244 g/mol. The molecule has 0 amide bonds. The lowest BCUT2D eigenvalue weighted by atomic mass is 10.2. The summed E-state index contributed by atoms with van der Waals surface area (Å²) in [5.74, 6) is 0. The number of rotatable bonds is 12. The van der Waals surface area contributed by atoms with Crippen molar-refractivity contribution in [3.8, 4) is 0 Å². The second-order valence-corrected chi connectivity index (χ2v) is 4.95. The monoisotopic (exact) mass is 274 g/mol. The van der Waals surface area contributed by atoms with Gasteiger partial charge in [-0.1, -0.05) is 26.2 Å². The van der Waals surface area contributed by atoms with Crippen LogP contribution in [-0.2, 0) is 18.9 Å². The van der Waals surface area contributed by atoms with E-state index in [1.54, 1.807) is 0 Å². The second kappa shape index (κ2) is 12.9. The van der Waals surface area contributed by atoms with Gasteiger partial charge in [-0.25, -0.2) is 0 Å². The van der Waals surface area contributed by atoms with Crippen LogP contribution in [0.2, 0.25) is 0 Å². The van der Waals surface area contributed by atoms with E-state index in [-0.39, 0.29) is 6.29 Å². The fourth-order valence-corrected chi connectivity index (χ4v) is 2.03. The molecule has 1 rings (SSSR count). The lowest BCUT2D eigenvalue weighted by Crippen LogP contribution is -2.24. The Morgan fingerprint density at radius 1 is 0.895 bits per heavy atom. The normalized spacial score (nSPS) is 19.7. The van der Waals surface area contributed by atoms with Gasteiger partial charge in [0, 0.05) is 13.2 Å². The summed E-state index contributed by atoms with van der Waals surface area (Å²) in [7, 11) is 0. The maximum absolute atomic E-state index is 5.57. The largest absolute Gasteiger partial charge is 0.379 e. The summed E-state index contributed by atoms with van der Waals surface area (Å²) < 4.78 is 22.0. The first-order valence-electron chi connectivity index (χ1n) is 7.82. The fourth-order valence-electron chi connectivity index (χ4n) is 2.03. The van der Waals surface area contributed by atoms with Crippen molar-refractivity contribution in [3.05, 3.63) is 0 Å². The van der Waals surface area contributed by atoms with Crippen LogP contribution >= 0.6 is 0 Å². The molecule has 1 aliphatic rings. The Morgan fingerprint density at radius 2 is 1.68 bits per heavy atom. The highest BCUT2D eigenvalue weighted by atomic mass is 16.7. The molecule has 114 valence electrons. The summed E-state index contributed by atoms with van der Waals surface area (Å²) in [4.78, 5) is 0. The third kappa shape index (κ3) is 10.3. The van der Waals surface area contributed by atoms with Gasteiger partial charge in [-0.05, 0) is 25.7 Å². The van der Waals surface area contributed by atoms with Crippen molar-refractivity contribution >= 4 is 0 Å². The summed E-state index contributed by atoms with van der Waals surface area (Å²) in [6.07, 6.45) is 8.38. The molecule has 0 bridgehead atoms. The van der Waals surface area contributed by atoms with Crippen molar-refractivity contribution in [1.82, 2.24) is 0 Å². The Labute approximate surface area is 117 Å². The van der Waals surface area contributed by atoms with Crippen LogP contribution in [0.25, 0.3) is 0 Å². The van der Waals surface area contributed by atoms with Crippen LogP contribution in [0.4, 0.5) is 0 Å². The minimum absolute atomic E-state index is 0.00725. The summed E-state index contributed by atoms with van der Waals surface area (Å²) in [6, 6.07) is 0. The molecule has 0 aromatic carbocycles. The highest BCUT2D eigenvalue weighted by Gasteiger charge is 2.13. The fraction of sp³-hybridized carbons (Fsp3) is 1.00. The maximum Gasteiger partial charge on any atom is 0.157 e. The Bertz CT molecular complexity index is 181. The molecule has 0 aliphatic carbocycles. The van der Waals surface area contributed by atoms with Crippen molar-refractivity contribution in [2.75, 3.05) is 39.6 Å². The predicted molar refractivity (Wildman–Crippen MR) is 75.3 cm³/mol. The SMILES string of the molecule is CCCCCCOCCOCCOC1CCCCO1. The molecule has 0 aromatic heterocycles.